The van der Waals surface area contributed by atoms with E-state index in [4.69, 9.17) is 11.6 Å². The Kier molecular flexibility index (Phi) is 5.25. The van der Waals surface area contributed by atoms with Gasteiger partial charge >= 0.3 is 0 Å². The van der Waals surface area contributed by atoms with Crippen molar-refractivity contribution < 1.29 is 4.79 Å². The van der Waals surface area contributed by atoms with E-state index >= 15 is 0 Å². The number of nitrogens with zero attached hydrogens (tertiary/aromatic N) is 1. The zero-order valence-corrected chi connectivity index (χ0v) is 13.1. The van der Waals surface area contributed by atoms with Gasteiger partial charge in [-0.1, -0.05) is 11.6 Å². The first-order valence-electron chi connectivity index (χ1n) is 6.77. The van der Waals surface area contributed by atoms with Crippen molar-refractivity contribution in [1.29, 1.82) is 0 Å². The van der Waals surface area contributed by atoms with Crippen LogP contribution in [0.1, 0.15) is 31.6 Å². The third-order valence-corrected chi connectivity index (χ3v) is 5.20. The lowest BCUT2D eigenvalue weighted by molar-refractivity contribution is -0.120. The first-order valence-corrected chi connectivity index (χ1v) is 8.03. The highest BCUT2D eigenvalue weighted by atomic mass is 35.5. The van der Waals surface area contributed by atoms with Crippen LogP contribution in [0, 0.1) is 5.92 Å². The Hall–Kier alpha value is -0.580. The average Bonchev–Trinajstić information content (AvgIpc) is 2.75. The van der Waals surface area contributed by atoms with Gasteiger partial charge in [0, 0.05) is 24.4 Å². The summed E-state index contributed by atoms with van der Waals surface area (Å²) in [4.78, 5) is 14.8. The van der Waals surface area contributed by atoms with Gasteiger partial charge < -0.3 is 5.32 Å². The molecule has 1 fully saturated rings. The molecule has 0 aromatic carbocycles. The minimum atomic E-state index is 0.0697. The zero-order chi connectivity index (χ0) is 13.8. The van der Waals surface area contributed by atoms with Crippen LogP contribution in [-0.4, -0.2) is 29.9 Å². The van der Waals surface area contributed by atoms with Gasteiger partial charge in [-0.25, -0.2) is 0 Å². The molecule has 19 heavy (non-hydrogen) atoms. The fourth-order valence-electron chi connectivity index (χ4n) is 2.69. The molecular weight excluding hydrogens is 280 g/mol. The van der Waals surface area contributed by atoms with Crippen molar-refractivity contribution in [3.05, 3.63) is 21.3 Å². The molecule has 0 saturated carbocycles. The summed E-state index contributed by atoms with van der Waals surface area (Å²) < 4.78 is 0. The lowest BCUT2D eigenvalue weighted by Crippen LogP contribution is -2.43. The number of halogens is 1. The summed E-state index contributed by atoms with van der Waals surface area (Å²) in [6.07, 6.45) is 2.29. The molecule has 1 aromatic rings. The number of rotatable bonds is 4. The summed E-state index contributed by atoms with van der Waals surface area (Å²) in [5.74, 6) is 0.666. The first-order chi connectivity index (χ1) is 9.06. The van der Waals surface area contributed by atoms with Crippen LogP contribution < -0.4 is 5.32 Å². The number of hydrogen-bond donors (Lipinski definition) is 1. The van der Waals surface area contributed by atoms with Crippen molar-refractivity contribution in [2.75, 3.05) is 13.1 Å². The zero-order valence-electron chi connectivity index (χ0n) is 11.5. The number of thiophene rings is 1. The van der Waals surface area contributed by atoms with E-state index in [2.05, 4.69) is 17.1 Å². The summed E-state index contributed by atoms with van der Waals surface area (Å²) in [5, 5.41) is 5.94. The fraction of sp³-hybridized carbons (Fsp3) is 0.643. The van der Waals surface area contributed by atoms with E-state index < -0.39 is 0 Å². The molecule has 1 aliphatic rings. The van der Waals surface area contributed by atoms with Crippen molar-refractivity contribution >= 4 is 28.8 Å². The number of carbonyl (C=O) groups is 1. The third kappa shape index (κ3) is 4.20. The number of carbonyl (C=O) groups excluding carboxylic acids is 1. The molecule has 2 rings (SSSR count). The molecule has 0 spiro atoms. The van der Waals surface area contributed by atoms with Crippen LogP contribution in [-0.2, 0) is 11.3 Å². The molecule has 3 nitrogen and oxygen atoms in total. The monoisotopic (exact) mass is 300 g/mol. The van der Waals surface area contributed by atoms with E-state index in [0.717, 1.165) is 37.5 Å². The molecule has 0 bridgehead atoms. The second-order valence-corrected chi connectivity index (χ2v) is 6.70. The van der Waals surface area contributed by atoms with Crippen LogP contribution in [0.3, 0.4) is 0 Å². The Morgan fingerprint density at radius 1 is 1.58 bits per heavy atom. The quantitative estimate of drug-likeness (QED) is 0.926. The van der Waals surface area contributed by atoms with Crippen LogP contribution in [0.2, 0.25) is 5.02 Å². The van der Waals surface area contributed by atoms with Crippen LogP contribution in [0.25, 0.3) is 0 Å². The van der Waals surface area contributed by atoms with Gasteiger partial charge in [-0.05, 0) is 50.2 Å². The second kappa shape index (κ2) is 6.73. The molecule has 1 amide bonds. The SMILES string of the molecule is CC(=O)NC(C)C1CCN(Cc2sccc2Cl)CC1. The van der Waals surface area contributed by atoms with Gasteiger partial charge in [0.05, 0.1) is 5.02 Å². The topological polar surface area (TPSA) is 32.3 Å². The Bertz CT molecular complexity index is 427. The minimum absolute atomic E-state index is 0.0697. The lowest BCUT2D eigenvalue weighted by Gasteiger charge is -2.34. The van der Waals surface area contributed by atoms with Gasteiger partial charge in [-0.3, -0.25) is 9.69 Å². The third-order valence-electron chi connectivity index (χ3n) is 3.83. The number of piperidine rings is 1. The maximum Gasteiger partial charge on any atom is 0.217 e. The fourth-order valence-corrected chi connectivity index (χ4v) is 3.83. The molecular formula is C14H21ClN2OS. The molecule has 1 atom stereocenters. The molecule has 5 heteroatoms. The van der Waals surface area contributed by atoms with Crippen LogP contribution in [0.15, 0.2) is 11.4 Å². The van der Waals surface area contributed by atoms with E-state index in [0.29, 0.717) is 5.92 Å². The highest BCUT2D eigenvalue weighted by Gasteiger charge is 2.24. The standard InChI is InChI=1S/C14H21ClN2OS/c1-10(16-11(2)18)12-3-6-17(7-4-12)9-14-13(15)5-8-19-14/h5,8,10,12H,3-4,6-7,9H2,1-2H3,(H,16,18). The highest BCUT2D eigenvalue weighted by Crippen LogP contribution is 2.27. The molecule has 106 valence electrons. The Morgan fingerprint density at radius 2 is 2.26 bits per heavy atom. The number of amides is 1. The number of hydrogen-bond acceptors (Lipinski definition) is 3. The Labute approximate surface area is 123 Å². The minimum Gasteiger partial charge on any atom is -0.354 e. The maximum absolute atomic E-state index is 11.1. The molecule has 1 aromatic heterocycles. The second-order valence-electron chi connectivity index (χ2n) is 5.29. The smallest absolute Gasteiger partial charge is 0.217 e. The highest BCUT2D eigenvalue weighted by molar-refractivity contribution is 7.10. The lowest BCUT2D eigenvalue weighted by atomic mass is 9.90. The van der Waals surface area contributed by atoms with E-state index in [9.17, 15) is 4.79 Å². The average molecular weight is 301 g/mol. The predicted octanol–water partition coefficient (Wildman–Crippen LogP) is 3.14. The van der Waals surface area contributed by atoms with Crippen molar-refractivity contribution in [1.82, 2.24) is 10.2 Å². The van der Waals surface area contributed by atoms with Crippen LogP contribution in [0.5, 0.6) is 0 Å². The summed E-state index contributed by atoms with van der Waals surface area (Å²) in [5.41, 5.74) is 0. The van der Waals surface area contributed by atoms with Crippen molar-refractivity contribution in [3.63, 3.8) is 0 Å². The number of nitrogens with one attached hydrogen (secondary N) is 1. The van der Waals surface area contributed by atoms with E-state index in [-0.39, 0.29) is 11.9 Å². The maximum atomic E-state index is 11.1. The molecule has 1 N–H and O–H groups in total. The van der Waals surface area contributed by atoms with E-state index in [1.54, 1.807) is 18.3 Å². The number of likely N-dealkylation sites (tertiary alicyclic amines) is 1. The van der Waals surface area contributed by atoms with E-state index in [1.807, 2.05) is 11.4 Å². The summed E-state index contributed by atoms with van der Waals surface area (Å²) in [6, 6.07) is 2.25. The molecule has 0 radical (unpaired) electrons. The molecule has 1 saturated heterocycles. The summed E-state index contributed by atoms with van der Waals surface area (Å²) in [6.45, 7) is 6.83. The van der Waals surface area contributed by atoms with Gasteiger partial charge in [0.1, 0.15) is 0 Å². The Morgan fingerprint density at radius 3 is 2.79 bits per heavy atom. The van der Waals surface area contributed by atoms with Crippen LogP contribution in [0.4, 0.5) is 0 Å². The first kappa shape index (κ1) is 14.8. The van der Waals surface area contributed by atoms with Gasteiger partial charge in [0.15, 0.2) is 0 Å². The van der Waals surface area contributed by atoms with Gasteiger partial charge in [0.2, 0.25) is 5.91 Å². The van der Waals surface area contributed by atoms with Gasteiger partial charge in [0.25, 0.3) is 0 Å². The summed E-state index contributed by atoms with van der Waals surface area (Å²) >= 11 is 7.86. The summed E-state index contributed by atoms with van der Waals surface area (Å²) in [7, 11) is 0. The Balaban J connectivity index is 1.79. The van der Waals surface area contributed by atoms with Crippen molar-refractivity contribution in [2.24, 2.45) is 5.92 Å². The molecule has 1 unspecified atom stereocenters. The van der Waals surface area contributed by atoms with Gasteiger partial charge in [-0.2, -0.15) is 0 Å². The molecule has 1 aliphatic heterocycles. The molecule has 2 heterocycles. The normalized spacial score (nSPS) is 19.3. The molecule has 0 aliphatic carbocycles. The van der Waals surface area contributed by atoms with E-state index in [1.165, 1.54) is 4.88 Å². The largest absolute Gasteiger partial charge is 0.354 e. The van der Waals surface area contributed by atoms with Crippen molar-refractivity contribution in [3.8, 4) is 0 Å². The predicted molar refractivity (Wildman–Crippen MR) is 80.6 cm³/mol. The van der Waals surface area contributed by atoms with Gasteiger partial charge in [-0.15, -0.1) is 11.3 Å². The van der Waals surface area contributed by atoms with Crippen molar-refractivity contribution in [2.45, 2.75) is 39.3 Å². The van der Waals surface area contributed by atoms with Crippen LogP contribution >= 0.6 is 22.9 Å².